The minimum atomic E-state index is -4.57. The van der Waals surface area contributed by atoms with Gasteiger partial charge in [0, 0.05) is 16.2 Å². The van der Waals surface area contributed by atoms with E-state index >= 15 is 0 Å². The van der Waals surface area contributed by atoms with Crippen LogP contribution in [-0.2, 0) is 15.5 Å². The Morgan fingerprint density at radius 1 is 1.06 bits per heavy atom. The molecule has 3 rings (SSSR count). The van der Waals surface area contributed by atoms with Gasteiger partial charge in [-0.3, -0.25) is 4.79 Å². The fourth-order valence-electron chi connectivity index (χ4n) is 3.06. The Hall–Kier alpha value is -2.23. The minimum Gasteiger partial charge on any atom is -0.496 e. The van der Waals surface area contributed by atoms with E-state index in [1.165, 1.54) is 31.4 Å². The van der Waals surface area contributed by atoms with Gasteiger partial charge < -0.3 is 19.4 Å². The Labute approximate surface area is 184 Å². The fourth-order valence-corrected chi connectivity index (χ4v) is 3.22. The van der Waals surface area contributed by atoms with Gasteiger partial charge in [-0.2, -0.15) is 13.2 Å². The van der Waals surface area contributed by atoms with Crippen LogP contribution in [0, 0.1) is 0 Å². The molecule has 1 amide bonds. The van der Waals surface area contributed by atoms with Crippen molar-refractivity contribution in [2.75, 3.05) is 12.4 Å². The van der Waals surface area contributed by atoms with E-state index in [1.807, 2.05) is 0 Å². The van der Waals surface area contributed by atoms with Crippen molar-refractivity contribution in [3.05, 3.63) is 52.5 Å². The summed E-state index contributed by atoms with van der Waals surface area (Å²) in [6.07, 6.45) is -4.57. The van der Waals surface area contributed by atoms with Gasteiger partial charge in [-0.1, -0.05) is 11.6 Å². The van der Waals surface area contributed by atoms with Crippen molar-refractivity contribution in [3.8, 4) is 5.75 Å². The van der Waals surface area contributed by atoms with Gasteiger partial charge in [-0.15, -0.1) is 0 Å². The number of nitrogens with one attached hydrogen (secondary N) is 1. The number of rotatable bonds is 4. The van der Waals surface area contributed by atoms with Crippen LogP contribution in [0.5, 0.6) is 5.75 Å². The third-order valence-electron chi connectivity index (χ3n) is 5.54. The summed E-state index contributed by atoms with van der Waals surface area (Å²) >= 11 is 5.93. The molecule has 1 saturated heterocycles. The lowest BCUT2D eigenvalue weighted by Gasteiger charge is -2.32. The SMILES string of the molecule is COc1cc(Cl)ccc1C(=O)Nc1ccc(C(F)(F)F)cc1B1OC(C)(C)C(C)(C)O1. The topological polar surface area (TPSA) is 56.8 Å². The molecule has 2 aromatic carbocycles. The van der Waals surface area contributed by atoms with Crippen molar-refractivity contribution in [1.29, 1.82) is 0 Å². The van der Waals surface area contributed by atoms with Crippen LogP contribution < -0.4 is 15.5 Å². The number of carbonyl (C=O) groups is 1. The van der Waals surface area contributed by atoms with E-state index in [2.05, 4.69) is 5.32 Å². The summed E-state index contributed by atoms with van der Waals surface area (Å²) < 4.78 is 57.1. The molecular formula is C21H22BClF3NO4. The number of anilines is 1. The lowest BCUT2D eigenvalue weighted by molar-refractivity contribution is -0.137. The van der Waals surface area contributed by atoms with Gasteiger partial charge in [-0.05, 0) is 64.1 Å². The van der Waals surface area contributed by atoms with E-state index in [-0.39, 0.29) is 22.5 Å². The summed E-state index contributed by atoms with van der Waals surface area (Å²) in [6, 6.07) is 7.46. The average molecular weight is 456 g/mol. The normalized spacial score (nSPS) is 17.5. The van der Waals surface area contributed by atoms with Crippen LogP contribution in [0.15, 0.2) is 36.4 Å². The molecule has 31 heavy (non-hydrogen) atoms. The quantitative estimate of drug-likeness (QED) is 0.665. The molecule has 0 atom stereocenters. The van der Waals surface area contributed by atoms with Crippen molar-refractivity contribution in [1.82, 2.24) is 0 Å². The Morgan fingerprint density at radius 2 is 1.68 bits per heavy atom. The molecule has 10 heteroatoms. The smallest absolute Gasteiger partial charge is 0.496 e. The second-order valence-electron chi connectivity index (χ2n) is 8.19. The Balaban J connectivity index is 2.02. The Morgan fingerprint density at radius 3 is 2.23 bits per heavy atom. The maximum absolute atomic E-state index is 13.4. The van der Waals surface area contributed by atoms with E-state index in [9.17, 15) is 18.0 Å². The number of methoxy groups -OCH3 is 1. The first-order chi connectivity index (χ1) is 14.2. The van der Waals surface area contributed by atoms with Crippen LogP contribution in [-0.4, -0.2) is 31.3 Å². The van der Waals surface area contributed by atoms with Gasteiger partial charge in [0.1, 0.15) is 5.75 Å². The average Bonchev–Trinajstić information content (AvgIpc) is 2.88. The van der Waals surface area contributed by atoms with E-state index in [0.717, 1.165) is 12.1 Å². The van der Waals surface area contributed by atoms with Gasteiger partial charge in [0.2, 0.25) is 0 Å². The van der Waals surface area contributed by atoms with Crippen LogP contribution in [0.4, 0.5) is 18.9 Å². The standard InChI is InChI=1S/C21H22BClF3NO4/c1-19(2)20(3,4)31-22(30-19)15-10-12(21(24,25)26)6-9-16(15)27-18(28)14-8-7-13(23)11-17(14)29-5/h6-11H,1-5H3,(H,27,28). The maximum atomic E-state index is 13.4. The molecule has 1 N–H and O–H groups in total. The summed E-state index contributed by atoms with van der Waals surface area (Å²) in [5.41, 5.74) is -2.05. The highest BCUT2D eigenvalue weighted by molar-refractivity contribution is 6.64. The fraction of sp³-hybridized carbons (Fsp3) is 0.381. The zero-order valence-electron chi connectivity index (χ0n) is 17.7. The van der Waals surface area contributed by atoms with Crippen molar-refractivity contribution >= 4 is 35.8 Å². The van der Waals surface area contributed by atoms with Crippen LogP contribution in [0.25, 0.3) is 0 Å². The molecule has 0 spiro atoms. The number of hydrogen-bond acceptors (Lipinski definition) is 4. The molecule has 1 aliphatic heterocycles. The Kier molecular flexibility index (Phi) is 6.08. The first kappa shape index (κ1) is 23.4. The number of ether oxygens (including phenoxy) is 1. The molecule has 0 bridgehead atoms. The first-order valence-electron chi connectivity index (χ1n) is 9.47. The number of carbonyl (C=O) groups excluding carboxylic acids is 1. The third-order valence-corrected chi connectivity index (χ3v) is 5.78. The van der Waals surface area contributed by atoms with Crippen LogP contribution >= 0.6 is 11.6 Å². The summed E-state index contributed by atoms with van der Waals surface area (Å²) in [7, 11) is 0.283. The molecule has 1 aliphatic rings. The predicted molar refractivity (Wildman–Crippen MR) is 113 cm³/mol. The monoisotopic (exact) mass is 455 g/mol. The highest BCUT2D eigenvalue weighted by Gasteiger charge is 2.52. The Bertz CT molecular complexity index is 995. The van der Waals surface area contributed by atoms with E-state index < -0.39 is 36.0 Å². The summed E-state index contributed by atoms with van der Waals surface area (Å²) in [5, 5.41) is 3.02. The van der Waals surface area contributed by atoms with Crippen LogP contribution in [0.3, 0.4) is 0 Å². The largest absolute Gasteiger partial charge is 0.496 e. The van der Waals surface area contributed by atoms with Gasteiger partial charge in [0.25, 0.3) is 5.91 Å². The molecule has 5 nitrogen and oxygen atoms in total. The number of amides is 1. The van der Waals surface area contributed by atoms with Crippen molar-refractivity contribution in [2.24, 2.45) is 0 Å². The number of hydrogen-bond donors (Lipinski definition) is 1. The molecule has 0 unspecified atom stereocenters. The number of benzene rings is 2. The lowest BCUT2D eigenvalue weighted by atomic mass is 9.76. The second-order valence-corrected chi connectivity index (χ2v) is 8.62. The first-order valence-corrected chi connectivity index (χ1v) is 9.84. The summed E-state index contributed by atoms with van der Waals surface area (Å²) in [6.45, 7) is 7.16. The van der Waals surface area contributed by atoms with Crippen LogP contribution in [0.1, 0.15) is 43.6 Å². The molecule has 166 valence electrons. The van der Waals surface area contributed by atoms with E-state index in [1.54, 1.807) is 27.7 Å². The zero-order chi connectivity index (χ0) is 23.2. The maximum Gasteiger partial charge on any atom is 0.496 e. The highest BCUT2D eigenvalue weighted by atomic mass is 35.5. The third kappa shape index (κ3) is 4.68. The lowest BCUT2D eigenvalue weighted by Crippen LogP contribution is -2.41. The highest BCUT2D eigenvalue weighted by Crippen LogP contribution is 2.38. The molecule has 2 aromatic rings. The van der Waals surface area contributed by atoms with Gasteiger partial charge in [0.15, 0.2) is 0 Å². The summed E-state index contributed by atoms with van der Waals surface area (Å²) in [4.78, 5) is 12.9. The minimum absolute atomic E-state index is 0.0646. The van der Waals surface area contributed by atoms with E-state index in [0.29, 0.717) is 5.02 Å². The van der Waals surface area contributed by atoms with Crippen molar-refractivity contribution in [3.63, 3.8) is 0 Å². The molecule has 0 radical (unpaired) electrons. The van der Waals surface area contributed by atoms with E-state index in [4.69, 9.17) is 25.6 Å². The molecule has 0 aliphatic carbocycles. The molecular weight excluding hydrogens is 433 g/mol. The van der Waals surface area contributed by atoms with Crippen molar-refractivity contribution < 1.29 is 32.0 Å². The molecule has 1 heterocycles. The number of halogens is 4. The molecule has 1 fully saturated rings. The second kappa shape index (κ2) is 8.04. The van der Waals surface area contributed by atoms with Crippen molar-refractivity contribution in [2.45, 2.75) is 45.1 Å². The van der Waals surface area contributed by atoms with Gasteiger partial charge >= 0.3 is 13.3 Å². The van der Waals surface area contributed by atoms with Gasteiger partial charge in [0.05, 0.1) is 29.4 Å². The molecule has 0 saturated carbocycles. The van der Waals surface area contributed by atoms with Crippen LogP contribution in [0.2, 0.25) is 5.02 Å². The van der Waals surface area contributed by atoms with Gasteiger partial charge in [-0.25, -0.2) is 0 Å². The zero-order valence-corrected chi connectivity index (χ0v) is 18.4. The predicted octanol–water partition coefficient (Wildman–Crippen LogP) is 4.92. The number of alkyl halides is 3. The summed E-state index contributed by atoms with van der Waals surface area (Å²) in [5.74, 6) is -0.347. The molecule has 0 aromatic heterocycles.